The summed E-state index contributed by atoms with van der Waals surface area (Å²) in [5.74, 6) is 0.495. The molecule has 1 aliphatic heterocycles. The van der Waals surface area contributed by atoms with Gasteiger partial charge in [0.1, 0.15) is 11.6 Å². The van der Waals surface area contributed by atoms with Gasteiger partial charge in [-0.3, -0.25) is 4.79 Å². The summed E-state index contributed by atoms with van der Waals surface area (Å²) >= 11 is 0. The number of amides is 1. The molecule has 2 aromatic carbocycles. The Kier molecular flexibility index (Phi) is 5.21. The number of halogens is 1. The zero-order chi connectivity index (χ0) is 24.2. The first-order valence-electron chi connectivity index (χ1n) is 11.7. The molecule has 8 heteroatoms. The van der Waals surface area contributed by atoms with Crippen molar-refractivity contribution in [3.8, 4) is 16.9 Å². The zero-order valence-corrected chi connectivity index (χ0v) is 19.8. The summed E-state index contributed by atoms with van der Waals surface area (Å²) in [6, 6.07) is 16.6. The molecule has 0 spiro atoms. The fourth-order valence-electron chi connectivity index (χ4n) is 4.85. The number of fused-ring (bicyclic) bond motifs is 1. The van der Waals surface area contributed by atoms with Crippen LogP contribution in [0.25, 0.3) is 27.8 Å². The van der Waals surface area contributed by atoms with Crippen LogP contribution in [0.4, 0.5) is 4.39 Å². The van der Waals surface area contributed by atoms with E-state index in [0.717, 1.165) is 22.0 Å². The van der Waals surface area contributed by atoms with E-state index in [0.29, 0.717) is 23.7 Å². The van der Waals surface area contributed by atoms with Gasteiger partial charge in [-0.2, -0.15) is 0 Å². The van der Waals surface area contributed by atoms with Crippen LogP contribution in [0, 0.1) is 5.82 Å². The van der Waals surface area contributed by atoms with Gasteiger partial charge in [-0.1, -0.05) is 30.3 Å². The number of aromatic nitrogens is 2. The second-order valence-corrected chi connectivity index (χ2v) is 11.7. The van der Waals surface area contributed by atoms with Crippen LogP contribution in [0.5, 0.6) is 0 Å². The minimum absolute atomic E-state index is 0.0294. The van der Waals surface area contributed by atoms with E-state index in [2.05, 4.69) is 34.6 Å². The number of rotatable bonds is 5. The standard InChI is InChI=1S/C27H24FN3O3S/c28-21-7-9-26(29-14-21)31-15-24(19-3-1-2-18(12-19)17-4-5-17)23-8-6-20(13-25(23)31)27(32)30-22-10-11-35(33,34)16-22/h1-3,6-9,12-15,17,22H,4-5,10-11,16H2,(H,30,32)/t22-/m0/s1. The van der Waals surface area contributed by atoms with Gasteiger partial charge in [0.25, 0.3) is 5.91 Å². The lowest BCUT2D eigenvalue weighted by Gasteiger charge is -2.11. The number of benzene rings is 2. The number of sulfone groups is 1. The normalized spacial score (nSPS) is 19.2. The molecule has 1 saturated heterocycles. The topological polar surface area (TPSA) is 81.1 Å². The highest BCUT2D eigenvalue weighted by Gasteiger charge is 2.29. The molecule has 6 rings (SSSR count). The minimum Gasteiger partial charge on any atom is -0.348 e. The monoisotopic (exact) mass is 489 g/mol. The molecule has 1 saturated carbocycles. The van der Waals surface area contributed by atoms with Crippen LogP contribution in [-0.2, 0) is 9.84 Å². The molecule has 0 radical (unpaired) electrons. The number of hydrogen-bond acceptors (Lipinski definition) is 4. The van der Waals surface area contributed by atoms with Crippen molar-refractivity contribution in [2.75, 3.05) is 11.5 Å². The van der Waals surface area contributed by atoms with E-state index in [-0.39, 0.29) is 23.5 Å². The summed E-state index contributed by atoms with van der Waals surface area (Å²) in [6.07, 6.45) is 6.00. The third-order valence-corrected chi connectivity index (χ3v) is 8.61. The Morgan fingerprint density at radius 3 is 2.63 bits per heavy atom. The first-order valence-corrected chi connectivity index (χ1v) is 13.6. The maximum Gasteiger partial charge on any atom is 0.251 e. The van der Waals surface area contributed by atoms with E-state index in [1.807, 2.05) is 16.8 Å². The molecule has 1 atom stereocenters. The first-order chi connectivity index (χ1) is 16.9. The molecule has 4 aromatic rings. The molecule has 2 aliphatic rings. The predicted molar refractivity (Wildman–Crippen MR) is 133 cm³/mol. The molecule has 0 unspecified atom stereocenters. The Balaban J connectivity index is 1.43. The van der Waals surface area contributed by atoms with Gasteiger partial charge >= 0.3 is 0 Å². The molecular weight excluding hydrogens is 465 g/mol. The number of pyridine rings is 1. The molecule has 0 bridgehead atoms. The van der Waals surface area contributed by atoms with E-state index >= 15 is 0 Å². The Labute approximate surface area is 202 Å². The van der Waals surface area contributed by atoms with Gasteiger partial charge in [-0.25, -0.2) is 17.8 Å². The minimum atomic E-state index is -3.09. The van der Waals surface area contributed by atoms with Gasteiger partial charge < -0.3 is 9.88 Å². The molecule has 1 amide bonds. The fourth-order valence-corrected chi connectivity index (χ4v) is 6.53. The molecule has 1 N–H and O–H groups in total. The summed E-state index contributed by atoms with van der Waals surface area (Å²) in [7, 11) is -3.09. The van der Waals surface area contributed by atoms with Crippen LogP contribution in [0.3, 0.4) is 0 Å². The Bertz CT molecular complexity index is 1560. The quantitative estimate of drug-likeness (QED) is 0.443. The second kappa shape index (κ2) is 8.30. The van der Waals surface area contributed by atoms with Gasteiger partial charge in [0.05, 0.1) is 23.2 Å². The third kappa shape index (κ3) is 4.34. The van der Waals surface area contributed by atoms with Crippen molar-refractivity contribution < 1.29 is 17.6 Å². The molecule has 35 heavy (non-hydrogen) atoms. The second-order valence-electron chi connectivity index (χ2n) is 9.45. The summed E-state index contributed by atoms with van der Waals surface area (Å²) in [4.78, 5) is 17.2. The molecule has 2 fully saturated rings. The van der Waals surface area contributed by atoms with Crippen LogP contribution in [0.2, 0.25) is 0 Å². The molecule has 6 nitrogen and oxygen atoms in total. The Morgan fingerprint density at radius 1 is 1.06 bits per heavy atom. The van der Waals surface area contributed by atoms with E-state index in [1.165, 1.54) is 30.7 Å². The molecule has 3 heterocycles. The maximum absolute atomic E-state index is 13.6. The summed E-state index contributed by atoms with van der Waals surface area (Å²) < 4.78 is 39.0. The van der Waals surface area contributed by atoms with E-state index < -0.39 is 15.7 Å². The van der Waals surface area contributed by atoms with E-state index in [4.69, 9.17) is 0 Å². The summed E-state index contributed by atoms with van der Waals surface area (Å²) in [5, 5.41) is 3.80. The third-order valence-electron chi connectivity index (χ3n) is 6.84. The highest BCUT2D eigenvalue weighted by atomic mass is 32.2. The number of nitrogens with zero attached hydrogens (tertiary/aromatic N) is 2. The fraction of sp³-hybridized carbons (Fsp3) is 0.259. The number of carbonyl (C=O) groups is 1. The van der Waals surface area contributed by atoms with Crippen molar-refractivity contribution in [2.45, 2.75) is 31.2 Å². The highest BCUT2D eigenvalue weighted by Crippen LogP contribution is 2.42. The van der Waals surface area contributed by atoms with Crippen molar-refractivity contribution >= 4 is 26.6 Å². The van der Waals surface area contributed by atoms with Crippen molar-refractivity contribution in [3.63, 3.8) is 0 Å². The Hall–Kier alpha value is -3.52. The van der Waals surface area contributed by atoms with Crippen molar-refractivity contribution in [3.05, 3.63) is 83.9 Å². The molecule has 178 valence electrons. The van der Waals surface area contributed by atoms with Crippen LogP contribution in [0.1, 0.15) is 41.1 Å². The summed E-state index contributed by atoms with van der Waals surface area (Å²) in [5.41, 5.74) is 4.60. The molecule has 2 aromatic heterocycles. The lowest BCUT2D eigenvalue weighted by molar-refractivity contribution is 0.0941. The number of hydrogen-bond donors (Lipinski definition) is 1. The van der Waals surface area contributed by atoms with Crippen molar-refractivity contribution in [1.82, 2.24) is 14.9 Å². The van der Waals surface area contributed by atoms with Crippen LogP contribution in [0.15, 0.2) is 67.0 Å². The lowest BCUT2D eigenvalue weighted by atomic mass is 10.00. The summed E-state index contributed by atoms with van der Waals surface area (Å²) in [6.45, 7) is 0. The SMILES string of the molecule is O=C(N[C@H]1CCS(=O)(=O)C1)c1ccc2c(-c3cccc(C4CC4)c3)cn(-c3ccc(F)cn3)c2c1. The zero-order valence-electron chi connectivity index (χ0n) is 18.9. The van der Waals surface area contributed by atoms with Gasteiger partial charge in [-0.05, 0) is 60.6 Å². The predicted octanol–water partition coefficient (Wildman–Crippen LogP) is 4.63. The number of carbonyl (C=O) groups excluding carboxylic acids is 1. The van der Waals surface area contributed by atoms with Crippen LogP contribution < -0.4 is 5.32 Å². The van der Waals surface area contributed by atoms with Crippen LogP contribution >= 0.6 is 0 Å². The smallest absolute Gasteiger partial charge is 0.251 e. The van der Waals surface area contributed by atoms with Crippen molar-refractivity contribution in [2.24, 2.45) is 0 Å². The average Bonchev–Trinajstić information content (AvgIpc) is 3.55. The van der Waals surface area contributed by atoms with E-state index in [9.17, 15) is 17.6 Å². The Morgan fingerprint density at radius 2 is 1.91 bits per heavy atom. The lowest BCUT2D eigenvalue weighted by Crippen LogP contribution is -2.35. The molecular formula is C27H24FN3O3S. The number of nitrogens with one attached hydrogen (secondary N) is 1. The average molecular weight is 490 g/mol. The molecule has 1 aliphatic carbocycles. The van der Waals surface area contributed by atoms with Gasteiger partial charge in [0.15, 0.2) is 9.84 Å². The van der Waals surface area contributed by atoms with Gasteiger partial charge in [0.2, 0.25) is 0 Å². The van der Waals surface area contributed by atoms with E-state index in [1.54, 1.807) is 18.2 Å². The highest BCUT2D eigenvalue weighted by molar-refractivity contribution is 7.91. The maximum atomic E-state index is 13.6. The van der Waals surface area contributed by atoms with Gasteiger partial charge in [0, 0.05) is 28.8 Å². The van der Waals surface area contributed by atoms with Crippen molar-refractivity contribution in [1.29, 1.82) is 0 Å². The first kappa shape index (κ1) is 22.0. The van der Waals surface area contributed by atoms with Gasteiger partial charge in [-0.15, -0.1) is 0 Å². The largest absolute Gasteiger partial charge is 0.348 e. The van der Waals surface area contributed by atoms with Crippen LogP contribution in [-0.4, -0.2) is 41.4 Å².